The largest absolute Gasteiger partial charge is 0.322 e. The molecular formula is C14H9F2N5O. The second-order valence-corrected chi connectivity index (χ2v) is 4.42. The lowest BCUT2D eigenvalue weighted by molar-refractivity contribution is 0.102. The molecule has 1 aromatic heterocycles. The van der Waals surface area contributed by atoms with Crippen LogP contribution >= 0.6 is 0 Å². The Bertz CT molecular complexity index is 800. The second-order valence-electron chi connectivity index (χ2n) is 4.42. The van der Waals surface area contributed by atoms with E-state index in [1.807, 2.05) is 0 Å². The molecule has 0 bridgehead atoms. The number of anilines is 1. The van der Waals surface area contributed by atoms with Crippen LogP contribution in [0.1, 0.15) is 10.4 Å². The van der Waals surface area contributed by atoms with Gasteiger partial charge in [0, 0.05) is 17.3 Å². The van der Waals surface area contributed by atoms with Crippen LogP contribution in [0.5, 0.6) is 0 Å². The van der Waals surface area contributed by atoms with E-state index >= 15 is 0 Å². The molecule has 0 aliphatic heterocycles. The highest BCUT2D eigenvalue weighted by Gasteiger charge is 2.10. The first-order valence-electron chi connectivity index (χ1n) is 6.23. The molecule has 0 fully saturated rings. The van der Waals surface area contributed by atoms with Gasteiger partial charge in [-0.2, -0.15) is 0 Å². The normalized spacial score (nSPS) is 10.5. The molecule has 1 N–H and O–H groups in total. The van der Waals surface area contributed by atoms with Crippen molar-refractivity contribution in [1.29, 1.82) is 0 Å². The van der Waals surface area contributed by atoms with Crippen LogP contribution in [-0.4, -0.2) is 26.1 Å². The van der Waals surface area contributed by atoms with E-state index in [2.05, 4.69) is 20.8 Å². The number of hydrogen-bond donors (Lipinski definition) is 1. The summed E-state index contributed by atoms with van der Waals surface area (Å²) in [6, 6.07) is 9.33. The van der Waals surface area contributed by atoms with E-state index in [0.717, 1.165) is 12.1 Å². The summed E-state index contributed by atoms with van der Waals surface area (Å²) >= 11 is 0. The van der Waals surface area contributed by atoms with Gasteiger partial charge < -0.3 is 5.32 Å². The number of carbonyl (C=O) groups is 1. The van der Waals surface area contributed by atoms with Gasteiger partial charge in [0.15, 0.2) is 0 Å². The molecule has 22 heavy (non-hydrogen) atoms. The molecule has 0 radical (unpaired) electrons. The predicted molar refractivity (Wildman–Crippen MR) is 73.5 cm³/mol. The van der Waals surface area contributed by atoms with Crippen LogP contribution in [0.3, 0.4) is 0 Å². The van der Waals surface area contributed by atoms with Gasteiger partial charge in [0.25, 0.3) is 5.91 Å². The van der Waals surface area contributed by atoms with Crippen molar-refractivity contribution in [3.63, 3.8) is 0 Å². The Hall–Kier alpha value is -3.16. The summed E-state index contributed by atoms with van der Waals surface area (Å²) in [5, 5.41) is 13.3. The lowest BCUT2D eigenvalue weighted by Gasteiger charge is -2.07. The highest BCUT2D eigenvalue weighted by molar-refractivity contribution is 6.04. The Balaban J connectivity index is 1.84. The number of halogens is 2. The van der Waals surface area contributed by atoms with Crippen molar-refractivity contribution in [3.8, 4) is 5.69 Å². The van der Waals surface area contributed by atoms with E-state index in [9.17, 15) is 13.6 Å². The molecule has 2 aromatic carbocycles. The minimum atomic E-state index is -0.812. The fraction of sp³-hybridized carbons (Fsp3) is 0. The standard InChI is InChI=1S/C14H9F2N5O/c15-10-4-9(5-11(16)6-10)14(22)18-12-2-1-3-13(7-12)21-8-17-19-20-21/h1-8H,(H,18,22). The number of aromatic nitrogens is 4. The average molecular weight is 301 g/mol. The molecule has 0 saturated heterocycles. The van der Waals surface area contributed by atoms with Gasteiger partial charge in [0.1, 0.15) is 18.0 Å². The lowest BCUT2D eigenvalue weighted by atomic mass is 10.2. The highest BCUT2D eigenvalue weighted by Crippen LogP contribution is 2.15. The van der Waals surface area contributed by atoms with Gasteiger partial charge in [-0.25, -0.2) is 13.5 Å². The van der Waals surface area contributed by atoms with Gasteiger partial charge in [-0.1, -0.05) is 6.07 Å². The van der Waals surface area contributed by atoms with E-state index in [0.29, 0.717) is 17.4 Å². The number of tetrazole rings is 1. The molecule has 0 spiro atoms. The summed E-state index contributed by atoms with van der Waals surface area (Å²) in [7, 11) is 0. The molecule has 0 aliphatic carbocycles. The first kappa shape index (κ1) is 13.8. The van der Waals surface area contributed by atoms with Crippen LogP contribution < -0.4 is 5.32 Å². The van der Waals surface area contributed by atoms with E-state index in [1.54, 1.807) is 24.3 Å². The molecule has 0 unspecified atom stereocenters. The third-order valence-corrected chi connectivity index (χ3v) is 2.84. The minimum absolute atomic E-state index is 0.106. The zero-order valence-corrected chi connectivity index (χ0v) is 11.1. The zero-order valence-electron chi connectivity index (χ0n) is 11.1. The zero-order chi connectivity index (χ0) is 15.5. The fourth-order valence-electron chi connectivity index (χ4n) is 1.89. The van der Waals surface area contributed by atoms with Crippen LogP contribution in [0.2, 0.25) is 0 Å². The Labute approximate surface area is 123 Å². The van der Waals surface area contributed by atoms with Gasteiger partial charge in [0.05, 0.1) is 5.69 Å². The Kier molecular flexibility index (Phi) is 3.57. The maximum Gasteiger partial charge on any atom is 0.255 e. The molecule has 110 valence electrons. The second kappa shape index (κ2) is 5.68. The van der Waals surface area contributed by atoms with Crippen molar-refractivity contribution in [2.75, 3.05) is 5.32 Å². The first-order chi connectivity index (χ1) is 10.6. The molecule has 0 atom stereocenters. The predicted octanol–water partition coefficient (Wildman–Crippen LogP) is 2.19. The molecule has 1 amide bonds. The number of carbonyl (C=O) groups excluding carboxylic acids is 1. The summed E-state index contributed by atoms with van der Waals surface area (Å²) in [4.78, 5) is 12.0. The average Bonchev–Trinajstić information content (AvgIpc) is 3.00. The highest BCUT2D eigenvalue weighted by atomic mass is 19.1. The van der Waals surface area contributed by atoms with Crippen LogP contribution in [-0.2, 0) is 0 Å². The first-order valence-corrected chi connectivity index (χ1v) is 6.23. The van der Waals surface area contributed by atoms with Gasteiger partial charge >= 0.3 is 0 Å². The number of amides is 1. The number of hydrogen-bond acceptors (Lipinski definition) is 4. The van der Waals surface area contributed by atoms with Gasteiger partial charge in [-0.3, -0.25) is 4.79 Å². The quantitative estimate of drug-likeness (QED) is 0.805. The van der Waals surface area contributed by atoms with E-state index < -0.39 is 17.5 Å². The van der Waals surface area contributed by atoms with Crippen LogP contribution in [0.25, 0.3) is 5.69 Å². The van der Waals surface area contributed by atoms with Crippen LogP contribution in [0.4, 0.5) is 14.5 Å². The third-order valence-electron chi connectivity index (χ3n) is 2.84. The van der Waals surface area contributed by atoms with Gasteiger partial charge in [-0.05, 0) is 40.8 Å². The molecule has 3 aromatic rings. The van der Waals surface area contributed by atoms with Crippen molar-refractivity contribution in [2.24, 2.45) is 0 Å². The fourth-order valence-corrected chi connectivity index (χ4v) is 1.89. The molecule has 3 rings (SSSR count). The minimum Gasteiger partial charge on any atom is -0.322 e. The Morgan fingerprint density at radius 3 is 2.55 bits per heavy atom. The monoisotopic (exact) mass is 301 g/mol. The van der Waals surface area contributed by atoms with Crippen molar-refractivity contribution in [3.05, 3.63) is 66.0 Å². The SMILES string of the molecule is O=C(Nc1cccc(-n2cnnn2)c1)c1cc(F)cc(F)c1. The van der Waals surface area contributed by atoms with E-state index in [1.165, 1.54) is 11.0 Å². The number of nitrogens with zero attached hydrogens (tertiary/aromatic N) is 4. The molecule has 6 nitrogen and oxygen atoms in total. The summed E-state index contributed by atoms with van der Waals surface area (Å²) in [5.41, 5.74) is 0.973. The van der Waals surface area contributed by atoms with Crippen LogP contribution in [0, 0.1) is 11.6 Å². The van der Waals surface area contributed by atoms with Gasteiger partial charge in [0.2, 0.25) is 0 Å². The van der Waals surface area contributed by atoms with E-state index in [4.69, 9.17) is 0 Å². The molecule has 8 heteroatoms. The summed E-state index contributed by atoms with van der Waals surface area (Å²) < 4.78 is 27.7. The van der Waals surface area contributed by atoms with Crippen molar-refractivity contribution in [1.82, 2.24) is 20.2 Å². The van der Waals surface area contributed by atoms with Crippen molar-refractivity contribution >= 4 is 11.6 Å². The topological polar surface area (TPSA) is 72.7 Å². The summed E-state index contributed by atoms with van der Waals surface area (Å²) in [6.45, 7) is 0. The third kappa shape index (κ3) is 2.95. The molecule has 0 saturated carbocycles. The smallest absolute Gasteiger partial charge is 0.255 e. The maximum absolute atomic E-state index is 13.1. The lowest BCUT2D eigenvalue weighted by Crippen LogP contribution is -2.12. The Morgan fingerprint density at radius 1 is 1.09 bits per heavy atom. The summed E-state index contributed by atoms with van der Waals surface area (Å²) in [5.74, 6) is -2.24. The molecule has 0 aliphatic rings. The number of nitrogens with one attached hydrogen (secondary N) is 1. The van der Waals surface area contributed by atoms with Crippen LogP contribution in [0.15, 0.2) is 48.8 Å². The van der Waals surface area contributed by atoms with Crippen molar-refractivity contribution in [2.45, 2.75) is 0 Å². The maximum atomic E-state index is 13.1. The molecule has 1 heterocycles. The Morgan fingerprint density at radius 2 is 1.86 bits per heavy atom. The summed E-state index contributed by atoms with van der Waals surface area (Å²) in [6.07, 6.45) is 1.41. The van der Waals surface area contributed by atoms with Crippen molar-refractivity contribution < 1.29 is 13.6 Å². The van der Waals surface area contributed by atoms with E-state index in [-0.39, 0.29) is 5.56 Å². The van der Waals surface area contributed by atoms with Gasteiger partial charge in [-0.15, -0.1) is 5.10 Å². The number of benzene rings is 2. The molecular weight excluding hydrogens is 292 g/mol. The number of rotatable bonds is 3.